The molecule has 0 aliphatic heterocycles. The Morgan fingerprint density at radius 2 is 1.78 bits per heavy atom. The van der Waals surface area contributed by atoms with Crippen LogP contribution in [-0.4, -0.2) is 23.0 Å². The van der Waals surface area contributed by atoms with E-state index < -0.39 is 15.0 Å². The van der Waals surface area contributed by atoms with Gasteiger partial charge in [0, 0.05) is 22.9 Å². The Labute approximate surface area is 153 Å². The van der Waals surface area contributed by atoms with Gasteiger partial charge in [0.2, 0.25) is 0 Å². The average Bonchev–Trinajstić information content (AvgIpc) is 2.60. The van der Waals surface area contributed by atoms with Crippen molar-refractivity contribution in [3.63, 3.8) is 0 Å². The van der Waals surface area contributed by atoms with Crippen molar-refractivity contribution in [1.29, 1.82) is 0 Å². The third-order valence-corrected chi connectivity index (χ3v) is 4.81. The van der Waals surface area contributed by atoms with Gasteiger partial charge in [-0.1, -0.05) is 12.1 Å². The van der Waals surface area contributed by atoms with Crippen LogP contribution in [0.3, 0.4) is 0 Å². The van der Waals surface area contributed by atoms with E-state index in [0.29, 0.717) is 11.3 Å². The first-order chi connectivity index (χ1) is 12.7. The van der Waals surface area contributed by atoms with Crippen LogP contribution in [0.4, 0.5) is 17.1 Å². The van der Waals surface area contributed by atoms with Crippen molar-refractivity contribution in [3.05, 3.63) is 64.2 Å². The van der Waals surface area contributed by atoms with Gasteiger partial charge in [0.25, 0.3) is 15.8 Å². The number of fused-ring (bicyclic) bond motifs is 1. The van der Waals surface area contributed by atoms with Crippen molar-refractivity contribution >= 4 is 38.0 Å². The second-order valence-corrected chi connectivity index (χ2v) is 7.08. The fraction of sp³-hybridized carbons (Fsp3) is 0.0588. The van der Waals surface area contributed by atoms with Crippen molar-refractivity contribution in [2.45, 2.75) is 11.8 Å². The highest BCUT2D eigenvalue weighted by Gasteiger charge is 2.17. The van der Waals surface area contributed by atoms with Gasteiger partial charge in [-0.3, -0.25) is 14.7 Å². The largest absolute Gasteiger partial charge is 0.506 e. The molecule has 0 atom stereocenters. The van der Waals surface area contributed by atoms with E-state index in [0.717, 1.165) is 0 Å². The third kappa shape index (κ3) is 3.61. The molecule has 3 aromatic rings. The number of aryl methyl sites for hydroxylation is 1. The van der Waals surface area contributed by atoms with Crippen LogP contribution in [-0.2, 0) is 10.1 Å². The van der Waals surface area contributed by atoms with Gasteiger partial charge in [-0.2, -0.15) is 13.5 Å². The molecule has 0 heterocycles. The normalized spacial score (nSPS) is 11.9. The molecule has 0 saturated carbocycles. The molecule has 138 valence electrons. The first kappa shape index (κ1) is 18.4. The lowest BCUT2D eigenvalue weighted by Gasteiger charge is -2.07. The second-order valence-electron chi connectivity index (χ2n) is 5.69. The summed E-state index contributed by atoms with van der Waals surface area (Å²) in [5.74, 6) is -0.238. The van der Waals surface area contributed by atoms with Gasteiger partial charge >= 0.3 is 0 Å². The number of nitro benzene ring substituents is 1. The van der Waals surface area contributed by atoms with E-state index >= 15 is 0 Å². The fourth-order valence-electron chi connectivity index (χ4n) is 2.60. The molecule has 0 bridgehead atoms. The predicted octanol–water partition coefficient (Wildman–Crippen LogP) is 4.42. The van der Waals surface area contributed by atoms with Crippen LogP contribution < -0.4 is 0 Å². The Bertz CT molecular complexity index is 1200. The van der Waals surface area contributed by atoms with E-state index in [1.54, 1.807) is 6.92 Å². The molecular formula is C17H13N3O6S. The Balaban J connectivity index is 2.14. The van der Waals surface area contributed by atoms with Gasteiger partial charge in [-0.25, -0.2) is 0 Å². The predicted molar refractivity (Wildman–Crippen MR) is 97.4 cm³/mol. The summed E-state index contributed by atoms with van der Waals surface area (Å²) in [5.41, 5.74) is 0.780. The molecular weight excluding hydrogens is 374 g/mol. The summed E-state index contributed by atoms with van der Waals surface area (Å²) in [5, 5.41) is 29.4. The standard InChI is InChI=1S/C17H13N3O6S/c1-10-9-11(20(22)23)5-7-14(10)18-19-17-13-3-2-4-16(27(24,25)26)12(13)6-8-15(17)21/h2-9,21H,1H3,(H,24,25,26). The van der Waals surface area contributed by atoms with E-state index in [1.165, 1.54) is 48.5 Å². The molecule has 3 rings (SSSR count). The van der Waals surface area contributed by atoms with Crippen molar-refractivity contribution in [2.24, 2.45) is 10.2 Å². The lowest BCUT2D eigenvalue weighted by molar-refractivity contribution is -0.384. The third-order valence-electron chi connectivity index (χ3n) is 3.90. The highest BCUT2D eigenvalue weighted by atomic mass is 32.2. The van der Waals surface area contributed by atoms with E-state index in [2.05, 4.69) is 10.2 Å². The zero-order valence-corrected chi connectivity index (χ0v) is 14.7. The summed E-state index contributed by atoms with van der Waals surface area (Å²) in [6.07, 6.45) is 0. The van der Waals surface area contributed by atoms with Crippen molar-refractivity contribution in [1.82, 2.24) is 0 Å². The molecule has 0 aliphatic rings. The number of phenols is 1. The minimum absolute atomic E-state index is 0.00996. The number of azo groups is 1. The maximum Gasteiger partial charge on any atom is 0.295 e. The quantitative estimate of drug-likeness (QED) is 0.293. The number of benzene rings is 3. The molecule has 2 N–H and O–H groups in total. The smallest absolute Gasteiger partial charge is 0.295 e. The van der Waals surface area contributed by atoms with E-state index in [9.17, 15) is 28.2 Å². The molecule has 10 heteroatoms. The lowest BCUT2D eigenvalue weighted by Crippen LogP contribution is -1.98. The molecule has 9 nitrogen and oxygen atoms in total. The molecule has 0 amide bonds. The first-order valence-corrected chi connectivity index (χ1v) is 9.01. The Morgan fingerprint density at radius 1 is 1.04 bits per heavy atom. The van der Waals surface area contributed by atoms with Crippen LogP contribution in [0.2, 0.25) is 0 Å². The summed E-state index contributed by atoms with van der Waals surface area (Å²) >= 11 is 0. The number of rotatable bonds is 4. The highest BCUT2D eigenvalue weighted by Crippen LogP contribution is 2.38. The van der Waals surface area contributed by atoms with Crippen LogP contribution in [0.1, 0.15) is 5.56 Å². The van der Waals surface area contributed by atoms with Gasteiger partial charge in [-0.15, -0.1) is 5.11 Å². The summed E-state index contributed by atoms with van der Waals surface area (Å²) in [4.78, 5) is 9.95. The van der Waals surface area contributed by atoms with Gasteiger partial charge in [0.15, 0.2) is 0 Å². The number of aromatic hydroxyl groups is 1. The van der Waals surface area contributed by atoms with Crippen molar-refractivity contribution in [3.8, 4) is 5.75 Å². The number of hydrogen-bond acceptors (Lipinski definition) is 7. The minimum Gasteiger partial charge on any atom is -0.506 e. The van der Waals surface area contributed by atoms with Crippen LogP contribution >= 0.6 is 0 Å². The number of nitro groups is 1. The monoisotopic (exact) mass is 387 g/mol. The van der Waals surface area contributed by atoms with Gasteiger partial charge in [-0.05, 0) is 36.8 Å². The Kier molecular flexibility index (Phi) is 4.60. The molecule has 3 aromatic carbocycles. The molecule has 0 aromatic heterocycles. The molecule has 0 aliphatic carbocycles. The van der Waals surface area contributed by atoms with Gasteiger partial charge in [0.1, 0.15) is 16.3 Å². The van der Waals surface area contributed by atoms with Crippen molar-refractivity contribution < 1.29 is 23.0 Å². The Hall–Kier alpha value is -3.37. The number of nitrogens with zero attached hydrogens (tertiary/aromatic N) is 3. The topological polar surface area (TPSA) is 142 Å². The van der Waals surface area contributed by atoms with E-state index in [1.807, 2.05) is 0 Å². The SMILES string of the molecule is Cc1cc([N+](=O)[O-])ccc1N=Nc1c(O)ccc2c(S(=O)(=O)O)cccc12. The molecule has 0 fully saturated rings. The van der Waals surface area contributed by atoms with Crippen LogP contribution in [0, 0.1) is 17.0 Å². The van der Waals surface area contributed by atoms with Crippen LogP contribution in [0.5, 0.6) is 5.75 Å². The maximum atomic E-state index is 11.5. The van der Waals surface area contributed by atoms with Gasteiger partial charge < -0.3 is 5.11 Å². The highest BCUT2D eigenvalue weighted by molar-refractivity contribution is 7.86. The maximum absolute atomic E-state index is 11.5. The minimum atomic E-state index is -4.46. The first-order valence-electron chi connectivity index (χ1n) is 7.57. The fourth-order valence-corrected chi connectivity index (χ4v) is 3.31. The molecule has 0 unspecified atom stereocenters. The summed E-state index contributed by atoms with van der Waals surface area (Å²) < 4.78 is 32.4. The number of phenolic OH excluding ortho intramolecular Hbond substituents is 1. The van der Waals surface area contributed by atoms with E-state index in [4.69, 9.17) is 0 Å². The summed E-state index contributed by atoms with van der Waals surface area (Å²) in [6.45, 7) is 1.63. The molecule has 27 heavy (non-hydrogen) atoms. The Morgan fingerprint density at radius 3 is 2.41 bits per heavy atom. The molecule has 0 spiro atoms. The second kappa shape index (κ2) is 6.74. The van der Waals surface area contributed by atoms with Crippen LogP contribution in [0.25, 0.3) is 10.8 Å². The van der Waals surface area contributed by atoms with Gasteiger partial charge in [0.05, 0.1) is 10.6 Å². The summed E-state index contributed by atoms with van der Waals surface area (Å²) in [6, 6.07) is 10.8. The lowest BCUT2D eigenvalue weighted by atomic mass is 10.1. The van der Waals surface area contributed by atoms with Crippen molar-refractivity contribution in [2.75, 3.05) is 0 Å². The number of non-ortho nitro benzene ring substituents is 1. The molecule has 0 saturated heterocycles. The average molecular weight is 387 g/mol. The van der Waals surface area contributed by atoms with Crippen LogP contribution in [0.15, 0.2) is 63.7 Å². The van der Waals surface area contributed by atoms with E-state index in [-0.39, 0.29) is 32.8 Å². The zero-order valence-electron chi connectivity index (χ0n) is 13.9. The molecule has 0 radical (unpaired) electrons. The zero-order chi connectivity index (χ0) is 19.8. The summed E-state index contributed by atoms with van der Waals surface area (Å²) in [7, 11) is -4.46. The number of hydrogen-bond donors (Lipinski definition) is 2.